The SMILES string of the molecule is COCCCNCCC(=O)OC(C)(C)C. The molecule has 0 atom stereocenters. The van der Waals surface area contributed by atoms with E-state index in [9.17, 15) is 4.79 Å². The second-order valence-electron chi connectivity index (χ2n) is 4.43. The Bertz CT molecular complexity index is 175. The highest BCUT2D eigenvalue weighted by Gasteiger charge is 2.15. The topological polar surface area (TPSA) is 47.6 Å². The molecule has 0 spiro atoms. The highest BCUT2D eigenvalue weighted by molar-refractivity contribution is 5.70. The van der Waals surface area contributed by atoms with Crippen LogP contribution in [0.15, 0.2) is 0 Å². The van der Waals surface area contributed by atoms with E-state index in [1.165, 1.54) is 0 Å². The van der Waals surface area contributed by atoms with E-state index in [2.05, 4.69) is 5.32 Å². The molecule has 0 radical (unpaired) electrons. The third-order valence-corrected chi connectivity index (χ3v) is 1.63. The molecule has 1 N–H and O–H groups in total. The Morgan fingerprint density at radius 2 is 1.93 bits per heavy atom. The Labute approximate surface area is 92.3 Å². The molecule has 0 rings (SSSR count). The molecule has 0 saturated carbocycles. The fraction of sp³-hybridized carbons (Fsp3) is 0.909. The molecule has 0 aromatic heterocycles. The van der Waals surface area contributed by atoms with Crippen LogP contribution in [-0.2, 0) is 14.3 Å². The molecular formula is C11H23NO3. The van der Waals surface area contributed by atoms with Gasteiger partial charge in [-0.2, -0.15) is 0 Å². The van der Waals surface area contributed by atoms with Crippen LogP contribution in [0, 0.1) is 0 Å². The van der Waals surface area contributed by atoms with Crippen LogP contribution in [0.25, 0.3) is 0 Å². The Morgan fingerprint density at radius 1 is 1.27 bits per heavy atom. The molecule has 0 saturated heterocycles. The summed E-state index contributed by atoms with van der Waals surface area (Å²) in [6.45, 7) is 7.90. The lowest BCUT2D eigenvalue weighted by molar-refractivity contribution is -0.154. The van der Waals surface area contributed by atoms with Gasteiger partial charge in [0.15, 0.2) is 0 Å². The highest BCUT2D eigenvalue weighted by Crippen LogP contribution is 2.07. The van der Waals surface area contributed by atoms with Crippen molar-refractivity contribution >= 4 is 5.97 Å². The summed E-state index contributed by atoms with van der Waals surface area (Å²) in [6, 6.07) is 0. The molecule has 4 heteroatoms. The van der Waals surface area contributed by atoms with Crippen LogP contribution in [0.4, 0.5) is 0 Å². The average Bonchev–Trinajstić information content (AvgIpc) is 2.08. The first-order valence-corrected chi connectivity index (χ1v) is 5.37. The molecule has 0 fully saturated rings. The van der Waals surface area contributed by atoms with Crippen LogP contribution in [-0.4, -0.2) is 38.4 Å². The molecule has 0 amide bonds. The first kappa shape index (κ1) is 14.4. The minimum atomic E-state index is -0.382. The monoisotopic (exact) mass is 217 g/mol. The van der Waals surface area contributed by atoms with Crippen molar-refractivity contribution in [3.05, 3.63) is 0 Å². The number of methoxy groups -OCH3 is 1. The summed E-state index contributed by atoms with van der Waals surface area (Å²) < 4.78 is 10.1. The molecule has 0 unspecified atom stereocenters. The zero-order valence-electron chi connectivity index (χ0n) is 10.3. The van der Waals surface area contributed by atoms with E-state index in [0.717, 1.165) is 19.6 Å². The number of hydrogen-bond donors (Lipinski definition) is 1. The van der Waals surface area contributed by atoms with E-state index < -0.39 is 0 Å². The van der Waals surface area contributed by atoms with Gasteiger partial charge in [-0.1, -0.05) is 0 Å². The van der Waals surface area contributed by atoms with Crippen LogP contribution in [0.3, 0.4) is 0 Å². The van der Waals surface area contributed by atoms with E-state index >= 15 is 0 Å². The Hall–Kier alpha value is -0.610. The largest absolute Gasteiger partial charge is 0.460 e. The van der Waals surface area contributed by atoms with Gasteiger partial charge in [-0.15, -0.1) is 0 Å². The smallest absolute Gasteiger partial charge is 0.307 e. The van der Waals surface area contributed by atoms with Crippen molar-refractivity contribution in [2.75, 3.05) is 26.8 Å². The first-order valence-electron chi connectivity index (χ1n) is 5.37. The average molecular weight is 217 g/mol. The molecule has 15 heavy (non-hydrogen) atoms. The molecule has 0 aliphatic rings. The minimum Gasteiger partial charge on any atom is -0.460 e. The second kappa shape index (κ2) is 7.65. The maximum Gasteiger partial charge on any atom is 0.307 e. The van der Waals surface area contributed by atoms with E-state index in [1.807, 2.05) is 20.8 Å². The van der Waals surface area contributed by atoms with E-state index in [0.29, 0.717) is 13.0 Å². The van der Waals surface area contributed by atoms with Gasteiger partial charge in [0.25, 0.3) is 0 Å². The molecule has 4 nitrogen and oxygen atoms in total. The normalized spacial score (nSPS) is 11.5. The first-order chi connectivity index (χ1) is 6.95. The number of rotatable bonds is 7. The van der Waals surface area contributed by atoms with E-state index in [4.69, 9.17) is 9.47 Å². The van der Waals surface area contributed by atoms with E-state index in [-0.39, 0.29) is 11.6 Å². The summed E-state index contributed by atoms with van der Waals surface area (Å²) in [4.78, 5) is 11.3. The van der Waals surface area contributed by atoms with Crippen molar-refractivity contribution in [3.63, 3.8) is 0 Å². The van der Waals surface area contributed by atoms with Crippen LogP contribution in [0.2, 0.25) is 0 Å². The summed E-state index contributed by atoms with van der Waals surface area (Å²) in [5.41, 5.74) is -0.382. The third-order valence-electron chi connectivity index (χ3n) is 1.63. The van der Waals surface area contributed by atoms with Gasteiger partial charge in [-0.3, -0.25) is 4.79 Å². The van der Waals surface area contributed by atoms with Gasteiger partial charge < -0.3 is 14.8 Å². The standard InChI is InChI=1S/C11H23NO3/c1-11(2,3)15-10(13)6-8-12-7-5-9-14-4/h12H,5-9H2,1-4H3. The van der Waals surface area contributed by atoms with Crippen LogP contribution >= 0.6 is 0 Å². The third kappa shape index (κ3) is 11.3. The summed E-state index contributed by atoms with van der Waals surface area (Å²) in [5, 5.41) is 3.16. The molecule has 0 heterocycles. The number of ether oxygens (including phenoxy) is 2. The Morgan fingerprint density at radius 3 is 2.47 bits per heavy atom. The number of esters is 1. The molecule has 0 aromatic carbocycles. The summed E-state index contributed by atoms with van der Waals surface area (Å²) >= 11 is 0. The second-order valence-corrected chi connectivity index (χ2v) is 4.43. The van der Waals surface area contributed by atoms with E-state index in [1.54, 1.807) is 7.11 Å². The van der Waals surface area contributed by atoms with Gasteiger partial charge in [0.05, 0.1) is 6.42 Å². The van der Waals surface area contributed by atoms with Crippen molar-refractivity contribution in [1.29, 1.82) is 0 Å². The van der Waals surface area contributed by atoms with Crippen molar-refractivity contribution < 1.29 is 14.3 Å². The summed E-state index contributed by atoms with van der Waals surface area (Å²) in [5.74, 6) is -0.151. The maximum atomic E-state index is 11.3. The van der Waals surface area contributed by atoms with Crippen molar-refractivity contribution in [2.24, 2.45) is 0 Å². The molecule has 90 valence electrons. The zero-order valence-corrected chi connectivity index (χ0v) is 10.3. The Balaban J connectivity index is 3.32. The number of carbonyl (C=O) groups excluding carboxylic acids is 1. The van der Waals surface area contributed by atoms with Crippen molar-refractivity contribution in [1.82, 2.24) is 5.32 Å². The maximum absolute atomic E-state index is 11.3. The fourth-order valence-corrected chi connectivity index (χ4v) is 1.05. The van der Waals surface area contributed by atoms with Crippen molar-refractivity contribution in [3.8, 4) is 0 Å². The molecule has 0 aliphatic heterocycles. The van der Waals surface area contributed by atoms with Crippen LogP contribution < -0.4 is 5.32 Å². The number of carbonyl (C=O) groups is 1. The van der Waals surface area contributed by atoms with Gasteiger partial charge in [-0.05, 0) is 33.7 Å². The van der Waals surface area contributed by atoms with Gasteiger partial charge in [-0.25, -0.2) is 0 Å². The number of nitrogens with one attached hydrogen (secondary N) is 1. The molecule has 0 aliphatic carbocycles. The molecular weight excluding hydrogens is 194 g/mol. The van der Waals surface area contributed by atoms with Gasteiger partial charge in [0, 0.05) is 20.3 Å². The minimum absolute atomic E-state index is 0.151. The predicted octanol–water partition coefficient (Wildman–Crippen LogP) is 1.34. The van der Waals surface area contributed by atoms with Crippen LogP contribution in [0.5, 0.6) is 0 Å². The van der Waals surface area contributed by atoms with Crippen LogP contribution in [0.1, 0.15) is 33.6 Å². The van der Waals surface area contributed by atoms with Gasteiger partial charge in [0.1, 0.15) is 5.60 Å². The number of hydrogen-bond acceptors (Lipinski definition) is 4. The zero-order chi connectivity index (χ0) is 11.7. The highest BCUT2D eigenvalue weighted by atomic mass is 16.6. The van der Waals surface area contributed by atoms with Gasteiger partial charge >= 0.3 is 5.97 Å². The Kier molecular flexibility index (Phi) is 7.34. The van der Waals surface area contributed by atoms with Crippen molar-refractivity contribution in [2.45, 2.75) is 39.2 Å². The quantitative estimate of drug-likeness (QED) is 0.516. The lowest BCUT2D eigenvalue weighted by Crippen LogP contribution is -2.27. The summed E-state index contributed by atoms with van der Waals surface area (Å²) in [6.07, 6.45) is 1.38. The predicted molar refractivity (Wildman–Crippen MR) is 59.8 cm³/mol. The summed E-state index contributed by atoms with van der Waals surface area (Å²) in [7, 11) is 1.68. The van der Waals surface area contributed by atoms with Gasteiger partial charge in [0.2, 0.25) is 0 Å². The molecule has 0 aromatic rings. The lowest BCUT2D eigenvalue weighted by atomic mass is 10.2. The molecule has 0 bridgehead atoms. The fourth-order valence-electron chi connectivity index (χ4n) is 1.05. The lowest BCUT2D eigenvalue weighted by Gasteiger charge is -2.19.